The number of nitrogens with zero attached hydrogens (tertiary/aromatic N) is 4. The van der Waals surface area contributed by atoms with E-state index in [0.717, 1.165) is 20.8 Å². The minimum absolute atomic E-state index is 0.0134. The van der Waals surface area contributed by atoms with Crippen LogP contribution in [0.5, 0.6) is 0 Å². The molecule has 0 aliphatic rings. The number of carbonyl (C=O) groups excluding carboxylic acids is 1. The zero-order valence-electron chi connectivity index (χ0n) is 14.5. The molecule has 8 nitrogen and oxygen atoms in total. The van der Waals surface area contributed by atoms with Crippen molar-refractivity contribution in [3.63, 3.8) is 0 Å². The van der Waals surface area contributed by atoms with Crippen molar-refractivity contribution in [2.24, 2.45) is 14.1 Å². The second-order valence-electron chi connectivity index (χ2n) is 5.93. The number of benzene rings is 1. The van der Waals surface area contributed by atoms with Gasteiger partial charge in [-0.25, -0.2) is 4.79 Å². The molecule has 8 heteroatoms. The van der Waals surface area contributed by atoms with Crippen molar-refractivity contribution in [1.82, 2.24) is 24.2 Å². The van der Waals surface area contributed by atoms with Gasteiger partial charge in [0.15, 0.2) is 0 Å². The number of aromatic nitrogens is 4. The Morgan fingerprint density at radius 1 is 1.12 bits per heavy atom. The molecule has 1 amide bonds. The largest absolute Gasteiger partial charge is 0.342 e. The van der Waals surface area contributed by atoms with Crippen molar-refractivity contribution < 1.29 is 4.79 Å². The number of nitrogens with one attached hydrogen (secondary N) is 1. The quantitative estimate of drug-likeness (QED) is 0.721. The topological polar surface area (TPSA) is 90.9 Å². The zero-order valence-corrected chi connectivity index (χ0v) is 14.5. The Labute approximate surface area is 149 Å². The third-order valence-electron chi connectivity index (χ3n) is 4.19. The van der Waals surface area contributed by atoms with Gasteiger partial charge in [-0.05, 0) is 11.6 Å². The van der Waals surface area contributed by atoms with Gasteiger partial charge in [0.2, 0.25) is 0 Å². The summed E-state index contributed by atoms with van der Waals surface area (Å²) in [5, 5.41) is 7.07. The first-order valence-electron chi connectivity index (χ1n) is 8.07. The molecular formula is C18H19N5O3. The predicted octanol–water partition coefficient (Wildman–Crippen LogP) is 0.452. The molecule has 1 N–H and O–H groups in total. The number of carbonyl (C=O) groups is 1. The Hall–Kier alpha value is -3.42. The van der Waals surface area contributed by atoms with E-state index < -0.39 is 17.2 Å². The highest BCUT2D eigenvalue weighted by atomic mass is 16.2. The number of rotatable bonds is 5. The van der Waals surface area contributed by atoms with Crippen molar-refractivity contribution in [2.45, 2.75) is 12.6 Å². The third-order valence-corrected chi connectivity index (χ3v) is 4.19. The molecule has 1 aromatic carbocycles. The number of amides is 1. The highest BCUT2D eigenvalue weighted by Crippen LogP contribution is 2.15. The smallest absolute Gasteiger partial charge is 0.331 e. The average Bonchev–Trinajstić information content (AvgIpc) is 3.16. The van der Waals surface area contributed by atoms with Gasteiger partial charge in [0.1, 0.15) is 5.69 Å². The molecule has 0 aliphatic carbocycles. The van der Waals surface area contributed by atoms with Crippen LogP contribution in [0.1, 0.15) is 22.1 Å². The fourth-order valence-electron chi connectivity index (χ4n) is 2.70. The van der Waals surface area contributed by atoms with Crippen LogP contribution in [0.25, 0.3) is 0 Å². The van der Waals surface area contributed by atoms with Gasteiger partial charge >= 0.3 is 5.69 Å². The van der Waals surface area contributed by atoms with Crippen LogP contribution in [0, 0.1) is 0 Å². The van der Waals surface area contributed by atoms with Crippen molar-refractivity contribution >= 4 is 5.91 Å². The summed E-state index contributed by atoms with van der Waals surface area (Å²) in [6.07, 6.45) is 3.46. The van der Waals surface area contributed by atoms with Crippen LogP contribution >= 0.6 is 0 Å². The van der Waals surface area contributed by atoms with Gasteiger partial charge in [-0.2, -0.15) is 5.10 Å². The summed E-state index contributed by atoms with van der Waals surface area (Å²) in [5.74, 6) is -0.497. The Kier molecular flexibility index (Phi) is 4.83. The van der Waals surface area contributed by atoms with Gasteiger partial charge in [0.05, 0.1) is 12.6 Å². The average molecular weight is 353 g/mol. The van der Waals surface area contributed by atoms with Gasteiger partial charge in [-0.3, -0.25) is 23.4 Å². The number of hydrogen-bond acceptors (Lipinski definition) is 4. The maximum atomic E-state index is 12.7. The van der Waals surface area contributed by atoms with E-state index in [2.05, 4.69) is 10.4 Å². The lowest BCUT2D eigenvalue weighted by molar-refractivity contribution is 0.0921. The molecule has 3 rings (SSSR count). The van der Waals surface area contributed by atoms with Crippen LogP contribution in [0.2, 0.25) is 0 Å². The minimum Gasteiger partial charge on any atom is -0.342 e. The van der Waals surface area contributed by atoms with Crippen molar-refractivity contribution in [3.05, 3.63) is 87.0 Å². The molecule has 0 unspecified atom stereocenters. The lowest BCUT2D eigenvalue weighted by atomic mass is 10.1. The van der Waals surface area contributed by atoms with E-state index >= 15 is 0 Å². The van der Waals surface area contributed by atoms with Gasteiger partial charge < -0.3 is 5.32 Å². The highest BCUT2D eigenvalue weighted by Gasteiger charge is 2.19. The first-order valence-corrected chi connectivity index (χ1v) is 8.07. The first kappa shape index (κ1) is 17.4. The van der Waals surface area contributed by atoms with Crippen molar-refractivity contribution in [2.75, 3.05) is 0 Å². The van der Waals surface area contributed by atoms with Crippen molar-refractivity contribution in [1.29, 1.82) is 0 Å². The Balaban J connectivity index is 1.93. The lowest BCUT2D eigenvalue weighted by Gasteiger charge is -2.20. The van der Waals surface area contributed by atoms with E-state index in [9.17, 15) is 14.4 Å². The molecule has 0 radical (unpaired) electrons. The van der Waals surface area contributed by atoms with Crippen LogP contribution < -0.4 is 16.6 Å². The van der Waals surface area contributed by atoms with Gasteiger partial charge in [0.25, 0.3) is 11.5 Å². The molecule has 0 spiro atoms. The van der Waals surface area contributed by atoms with Crippen LogP contribution in [0.3, 0.4) is 0 Å². The molecule has 2 aromatic heterocycles. The SMILES string of the molecule is Cn1c(C(=O)N[C@H](Cn2cccn2)c2ccccc2)cc(=O)n(C)c1=O. The van der Waals surface area contributed by atoms with E-state index in [1.54, 1.807) is 23.1 Å². The molecule has 134 valence electrons. The van der Waals surface area contributed by atoms with Gasteiger partial charge in [-0.1, -0.05) is 30.3 Å². The second-order valence-corrected chi connectivity index (χ2v) is 5.93. The summed E-state index contributed by atoms with van der Waals surface area (Å²) in [5.41, 5.74) is -0.169. The van der Waals surface area contributed by atoms with Gasteiger partial charge in [0, 0.05) is 32.6 Å². The van der Waals surface area contributed by atoms with Gasteiger partial charge in [-0.15, -0.1) is 0 Å². The molecule has 0 saturated carbocycles. The number of hydrogen-bond donors (Lipinski definition) is 1. The Morgan fingerprint density at radius 2 is 1.85 bits per heavy atom. The monoisotopic (exact) mass is 353 g/mol. The molecule has 0 bridgehead atoms. The molecule has 0 saturated heterocycles. The fourth-order valence-corrected chi connectivity index (χ4v) is 2.70. The van der Waals surface area contributed by atoms with E-state index in [0.29, 0.717) is 6.54 Å². The van der Waals surface area contributed by atoms with E-state index in [1.165, 1.54) is 14.1 Å². The van der Waals surface area contributed by atoms with E-state index in [4.69, 9.17) is 0 Å². The molecule has 0 fully saturated rings. The maximum Gasteiger partial charge on any atom is 0.331 e. The van der Waals surface area contributed by atoms with Crippen LogP contribution in [-0.4, -0.2) is 24.8 Å². The molecular weight excluding hydrogens is 334 g/mol. The summed E-state index contributed by atoms with van der Waals surface area (Å²) in [6.45, 7) is 0.418. The molecule has 26 heavy (non-hydrogen) atoms. The van der Waals surface area contributed by atoms with E-state index in [-0.39, 0.29) is 11.7 Å². The summed E-state index contributed by atoms with van der Waals surface area (Å²) < 4.78 is 3.82. The lowest BCUT2D eigenvalue weighted by Crippen LogP contribution is -2.42. The first-order chi connectivity index (χ1) is 12.5. The van der Waals surface area contributed by atoms with Crippen LogP contribution in [0.4, 0.5) is 0 Å². The Morgan fingerprint density at radius 3 is 2.50 bits per heavy atom. The maximum absolute atomic E-state index is 12.7. The summed E-state index contributed by atoms with van der Waals surface area (Å²) in [7, 11) is 2.83. The highest BCUT2D eigenvalue weighted by molar-refractivity contribution is 5.92. The van der Waals surface area contributed by atoms with E-state index in [1.807, 2.05) is 30.3 Å². The normalized spacial score (nSPS) is 11.9. The minimum atomic E-state index is -0.550. The predicted molar refractivity (Wildman–Crippen MR) is 95.8 cm³/mol. The van der Waals surface area contributed by atoms with Crippen LogP contribution in [-0.2, 0) is 20.6 Å². The molecule has 3 aromatic rings. The molecule has 0 aliphatic heterocycles. The van der Waals surface area contributed by atoms with Crippen LogP contribution in [0.15, 0.2) is 64.4 Å². The standard InChI is InChI=1S/C18H19N5O3/c1-21-15(11-16(24)22(2)18(21)26)17(25)20-14(12-23-10-6-9-19-23)13-7-4-3-5-8-13/h3-11,14H,12H2,1-2H3,(H,20,25)/t14-/m1/s1. The summed E-state index contributed by atoms with van der Waals surface area (Å²) >= 11 is 0. The summed E-state index contributed by atoms with van der Waals surface area (Å²) in [6, 6.07) is 12.0. The molecule has 2 heterocycles. The summed E-state index contributed by atoms with van der Waals surface area (Å²) in [4.78, 5) is 36.7. The zero-order chi connectivity index (χ0) is 18.7. The Bertz CT molecular complexity index is 1020. The molecule has 1 atom stereocenters. The van der Waals surface area contributed by atoms with Crippen molar-refractivity contribution in [3.8, 4) is 0 Å². The fraction of sp³-hybridized carbons (Fsp3) is 0.222. The third kappa shape index (κ3) is 3.49. The second kappa shape index (κ2) is 7.22.